The summed E-state index contributed by atoms with van der Waals surface area (Å²) in [7, 11) is 0. The molecule has 2 aromatic rings. The van der Waals surface area contributed by atoms with Gasteiger partial charge in [-0.25, -0.2) is 4.79 Å². The first-order valence-corrected chi connectivity index (χ1v) is 10.7. The SMILES string of the molecule is O=C(CNC(=O)c1cccc(C(F)(F)F)c1)NC1CN([C@H]2CC[C@@H](c3noc(=O)[nH]3)CC2)C1. The molecule has 4 rings (SSSR count). The minimum absolute atomic E-state index is 0.0346. The molecule has 2 fully saturated rings. The van der Waals surface area contributed by atoms with Crippen LogP contribution in [0.5, 0.6) is 0 Å². The highest BCUT2D eigenvalue weighted by Gasteiger charge is 2.36. The van der Waals surface area contributed by atoms with Crippen molar-refractivity contribution in [3.63, 3.8) is 0 Å². The summed E-state index contributed by atoms with van der Waals surface area (Å²) in [6.07, 6.45) is -0.858. The normalized spacial score (nSPS) is 21.9. The van der Waals surface area contributed by atoms with Crippen LogP contribution in [-0.4, -0.2) is 58.6 Å². The number of H-pyrrole nitrogens is 1. The Morgan fingerprint density at radius 2 is 1.91 bits per heavy atom. The molecule has 0 atom stereocenters. The van der Waals surface area contributed by atoms with Gasteiger partial charge in [0.1, 0.15) is 0 Å². The van der Waals surface area contributed by atoms with Crippen LogP contribution in [0, 0.1) is 0 Å². The second-order valence-electron chi connectivity index (χ2n) is 8.47. The van der Waals surface area contributed by atoms with Gasteiger partial charge in [-0.15, -0.1) is 0 Å². The molecule has 1 aliphatic heterocycles. The third-order valence-corrected chi connectivity index (χ3v) is 6.19. The first-order valence-electron chi connectivity index (χ1n) is 10.7. The van der Waals surface area contributed by atoms with Gasteiger partial charge in [0, 0.05) is 30.6 Å². The van der Waals surface area contributed by atoms with Gasteiger partial charge in [0.25, 0.3) is 5.91 Å². The summed E-state index contributed by atoms with van der Waals surface area (Å²) in [5.74, 6) is -0.890. The number of nitrogens with zero attached hydrogens (tertiary/aromatic N) is 2. The molecule has 1 aromatic carbocycles. The molecule has 0 spiro atoms. The number of nitrogens with one attached hydrogen (secondary N) is 3. The average Bonchev–Trinajstić information content (AvgIpc) is 3.20. The Labute approximate surface area is 186 Å². The Hall–Kier alpha value is -3.15. The summed E-state index contributed by atoms with van der Waals surface area (Å²) in [5, 5.41) is 8.95. The van der Waals surface area contributed by atoms with Gasteiger partial charge in [0.15, 0.2) is 5.82 Å². The molecule has 0 radical (unpaired) electrons. The zero-order valence-electron chi connectivity index (χ0n) is 17.7. The lowest BCUT2D eigenvalue weighted by Gasteiger charge is -2.46. The Morgan fingerprint density at radius 3 is 2.55 bits per heavy atom. The highest BCUT2D eigenvalue weighted by Crippen LogP contribution is 2.34. The largest absolute Gasteiger partial charge is 0.438 e. The molecule has 1 aromatic heterocycles. The number of alkyl halides is 3. The van der Waals surface area contributed by atoms with E-state index in [9.17, 15) is 27.6 Å². The lowest BCUT2D eigenvalue weighted by molar-refractivity contribution is -0.137. The minimum atomic E-state index is -4.54. The standard InChI is InChI=1S/C21H24F3N5O4/c22-21(23,24)14-3-1-2-13(8-14)19(31)25-9-17(30)26-15-10-29(11-15)16-6-4-12(5-7-16)18-27-20(32)33-28-18/h1-3,8,12,15-16H,4-7,9-11H2,(H,25,31)(H,26,30)(H,27,28,32)/t12-,16+. The van der Waals surface area contributed by atoms with Crippen LogP contribution in [0.4, 0.5) is 13.2 Å². The monoisotopic (exact) mass is 467 g/mol. The number of amides is 2. The second-order valence-corrected chi connectivity index (χ2v) is 8.47. The third-order valence-electron chi connectivity index (χ3n) is 6.19. The van der Waals surface area contributed by atoms with E-state index in [4.69, 9.17) is 0 Å². The number of aromatic amines is 1. The van der Waals surface area contributed by atoms with Gasteiger partial charge < -0.3 is 10.6 Å². The third kappa shape index (κ3) is 5.62. The number of carbonyl (C=O) groups is 2. The maximum Gasteiger partial charge on any atom is 0.438 e. The highest BCUT2D eigenvalue weighted by atomic mass is 19.4. The zero-order valence-corrected chi connectivity index (χ0v) is 17.7. The van der Waals surface area contributed by atoms with Crippen LogP contribution in [0.25, 0.3) is 0 Å². The smallest absolute Gasteiger partial charge is 0.349 e. The summed E-state index contributed by atoms with van der Waals surface area (Å²) < 4.78 is 42.9. The molecule has 12 heteroatoms. The first-order chi connectivity index (χ1) is 15.7. The number of carbonyl (C=O) groups excluding carboxylic acids is 2. The number of halogens is 3. The van der Waals surface area contributed by atoms with E-state index in [0.29, 0.717) is 25.0 Å². The molecular weight excluding hydrogens is 443 g/mol. The van der Waals surface area contributed by atoms with Crippen LogP contribution >= 0.6 is 0 Å². The Bertz CT molecular complexity index is 1050. The van der Waals surface area contributed by atoms with E-state index in [1.165, 1.54) is 6.07 Å². The van der Waals surface area contributed by atoms with E-state index < -0.39 is 29.3 Å². The van der Waals surface area contributed by atoms with E-state index in [1.807, 2.05) is 0 Å². The van der Waals surface area contributed by atoms with Crippen molar-refractivity contribution in [1.82, 2.24) is 25.7 Å². The molecule has 178 valence electrons. The molecule has 9 nitrogen and oxygen atoms in total. The summed E-state index contributed by atoms with van der Waals surface area (Å²) in [6.45, 7) is 1.08. The van der Waals surface area contributed by atoms with Crippen LogP contribution in [0.3, 0.4) is 0 Å². The molecule has 1 saturated heterocycles. The van der Waals surface area contributed by atoms with Crippen molar-refractivity contribution in [2.24, 2.45) is 0 Å². The first kappa shape index (κ1) is 23.0. The van der Waals surface area contributed by atoms with Crippen molar-refractivity contribution in [1.29, 1.82) is 0 Å². The second kappa shape index (κ2) is 9.38. The molecule has 3 N–H and O–H groups in total. The lowest BCUT2D eigenvalue weighted by atomic mass is 9.83. The van der Waals surface area contributed by atoms with Crippen LogP contribution < -0.4 is 16.4 Å². The van der Waals surface area contributed by atoms with Crippen molar-refractivity contribution >= 4 is 11.8 Å². The number of aromatic nitrogens is 2. The van der Waals surface area contributed by atoms with E-state index in [-0.39, 0.29) is 24.1 Å². The molecule has 0 unspecified atom stereocenters. The number of likely N-dealkylation sites (tertiary alicyclic amines) is 1. The van der Waals surface area contributed by atoms with Gasteiger partial charge in [-0.3, -0.25) is 24.0 Å². The van der Waals surface area contributed by atoms with E-state index >= 15 is 0 Å². The predicted molar refractivity (Wildman–Crippen MR) is 109 cm³/mol. The Kier molecular flexibility index (Phi) is 6.54. The minimum Gasteiger partial charge on any atom is -0.349 e. The van der Waals surface area contributed by atoms with Crippen molar-refractivity contribution in [2.45, 2.75) is 49.9 Å². The van der Waals surface area contributed by atoms with Crippen LogP contribution in [0.2, 0.25) is 0 Å². The number of hydrogen-bond donors (Lipinski definition) is 3. The lowest BCUT2D eigenvalue weighted by Crippen LogP contribution is -2.63. The van der Waals surface area contributed by atoms with Crippen LogP contribution in [0.15, 0.2) is 33.6 Å². The fourth-order valence-corrected chi connectivity index (χ4v) is 4.41. The van der Waals surface area contributed by atoms with Crippen molar-refractivity contribution in [3.05, 3.63) is 51.8 Å². The Morgan fingerprint density at radius 1 is 1.18 bits per heavy atom. The molecular formula is C21H24F3N5O4. The maximum atomic E-state index is 12.8. The number of hydrogen-bond acceptors (Lipinski definition) is 6. The maximum absolute atomic E-state index is 12.8. The van der Waals surface area contributed by atoms with Gasteiger partial charge in [-0.05, 0) is 43.9 Å². The van der Waals surface area contributed by atoms with Crippen LogP contribution in [0.1, 0.15) is 53.3 Å². The zero-order chi connectivity index (χ0) is 23.6. The van der Waals surface area contributed by atoms with Gasteiger partial charge in [0.05, 0.1) is 18.2 Å². The van der Waals surface area contributed by atoms with Gasteiger partial charge in [-0.2, -0.15) is 13.2 Å². The van der Waals surface area contributed by atoms with E-state index in [2.05, 4.69) is 30.2 Å². The van der Waals surface area contributed by atoms with Gasteiger partial charge >= 0.3 is 11.9 Å². The molecule has 1 aliphatic carbocycles. The highest BCUT2D eigenvalue weighted by molar-refractivity contribution is 5.96. The van der Waals surface area contributed by atoms with E-state index in [1.54, 1.807) is 0 Å². The molecule has 2 aliphatic rings. The molecule has 2 amide bonds. The molecule has 2 heterocycles. The number of rotatable bonds is 6. The summed E-state index contributed by atoms with van der Waals surface area (Å²) in [6, 6.07) is 4.42. The molecule has 1 saturated carbocycles. The molecule has 33 heavy (non-hydrogen) atoms. The van der Waals surface area contributed by atoms with Crippen molar-refractivity contribution < 1.29 is 27.3 Å². The average molecular weight is 467 g/mol. The summed E-state index contributed by atoms with van der Waals surface area (Å²) in [5.41, 5.74) is -1.07. The van der Waals surface area contributed by atoms with Crippen LogP contribution in [-0.2, 0) is 11.0 Å². The predicted octanol–water partition coefficient (Wildman–Crippen LogP) is 1.64. The fraction of sp³-hybridized carbons (Fsp3) is 0.524. The summed E-state index contributed by atoms with van der Waals surface area (Å²) in [4.78, 5) is 40.2. The van der Waals surface area contributed by atoms with Gasteiger partial charge in [-0.1, -0.05) is 11.2 Å². The van der Waals surface area contributed by atoms with Crippen molar-refractivity contribution in [3.8, 4) is 0 Å². The van der Waals surface area contributed by atoms with Crippen molar-refractivity contribution in [2.75, 3.05) is 19.6 Å². The van der Waals surface area contributed by atoms with E-state index in [0.717, 1.165) is 43.9 Å². The van der Waals surface area contributed by atoms with Gasteiger partial charge in [0.2, 0.25) is 5.91 Å². The number of benzene rings is 1. The summed E-state index contributed by atoms with van der Waals surface area (Å²) >= 11 is 0. The Balaban J connectivity index is 1.16. The topological polar surface area (TPSA) is 120 Å². The quantitative estimate of drug-likeness (QED) is 0.594. The fourth-order valence-electron chi connectivity index (χ4n) is 4.41. The molecule has 0 bridgehead atoms.